The molecular weight excluding hydrogens is 320 g/mol. The summed E-state index contributed by atoms with van der Waals surface area (Å²) in [5.74, 6) is -1.18. The van der Waals surface area contributed by atoms with Gasteiger partial charge in [0.25, 0.3) is 11.8 Å². The number of pyridine rings is 1. The maximum atomic E-state index is 12.1. The molecule has 25 heavy (non-hydrogen) atoms. The van der Waals surface area contributed by atoms with Crippen LogP contribution in [0.3, 0.4) is 0 Å². The molecule has 3 rings (SSSR count). The van der Waals surface area contributed by atoms with Crippen molar-refractivity contribution in [3.8, 4) is 0 Å². The van der Waals surface area contributed by atoms with E-state index in [-0.39, 0.29) is 11.1 Å². The number of benzene rings is 2. The summed E-state index contributed by atoms with van der Waals surface area (Å²) in [5, 5.41) is 13.5. The minimum absolute atomic E-state index is 0.162. The Bertz CT molecular complexity index is 969. The van der Waals surface area contributed by atoms with Crippen LogP contribution in [0.5, 0.6) is 0 Å². The second kappa shape index (κ2) is 7.33. The number of amides is 2. The van der Waals surface area contributed by atoms with Crippen molar-refractivity contribution >= 4 is 28.9 Å². The molecule has 0 fully saturated rings. The van der Waals surface area contributed by atoms with E-state index >= 15 is 0 Å². The van der Waals surface area contributed by atoms with Crippen LogP contribution in [0.1, 0.15) is 26.4 Å². The Morgan fingerprint density at radius 2 is 1.72 bits per heavy atom. The highest BCUT2D eigenvalue weighted by atomic mass is 16.5. The molecule has 0 aliphatic heterocycles. The molecule has 0 unspecified atom stereocenters. The lowest BCUT2D eigenvalue weighted by Crippen LogP contribution is -2.21. The minimum atomic E-state index is -0.696. The topological polar surface area (TPSA) is 104 Å². The highest BCUT2D eigenvalue weighted by Gasteiger charge is 2.09. The van der Waals surface area contributed by atoms with Gasteiger partial charge in [-0.1, -0.05) is 30.3 Å². The summed E-state index contributed by atoms with van der Waals surface area (Å²) >= 11 is 0. The Morgan fingerprint density at radius 1 is 0.960 bits per heavy atom. The molecule has 0 aliphatic rings. The van der Waals surface area contributed by atoms with Gasteiger partial charge < -0.3 is 0 Å². The molecule has 0 saturated heterocycles. The Morgan fingerprint density at radius 3 is 2.52 bits per heavy atom. The molecule has 1 heterocycles. The number of fused-ring (bicyclic) bond motifs is 1. The summed E-state index contributed by atoms with van der Waals surface area (Å²) in [4.78, 5) is 27.8. The molecule has 2 amide bonds. The van der Waals surface area contributed by atoms with Crippen molar-refractivity contribution in [1.29, 1.82) is 0 Å². The average molecular weight is 334 g/mol. The molecule has 0 radical (unpaired) electrons. The predicted molar refractivity (Wildman–Crippen MR) is 92.5 cm³/mol. The Kier molecular flexibility index (Phi) is 4.77. The molecule has 0 saturated carbocycles. The highest BCUT2D eigenvalue weighted by Crippen LogP contribution is 2.10. The molecule has 7 heteroatoms. The van der Waals surface area contributed by atoms with Gasteiger partial charge in [-0.15, -0.1) is 0 Å². The van der Waals surface area contributed by atoms with Gasteiger partial charge in [-0.2, -0.15) is 5.10 Å². The lowest BCUT2D eigenvalue weighted by atomic mass is 10.1. The summed E-state index contributed by atoms with van der Waals surface area (Å²) in [6.45, 7) is 0. The third-order valence-corrected chi connectivity index (χ3v) is 3.47. The van der Waals surface area contributed by atoms with Gasteiger partial charge in [0.1, 0.15) is 0 Å². The van der Waals surface area contributed by atoms with Gasteiger partial charge in [-0.25, -0.2) is 15.9 Å². The largest absolute Gasteiger partial charge is 0.288 e. The smallest absolute Gasteiger partial charge is 0.274 e. The van der Waals surface area contributed by atoms with Gasteiger partial charge in [0.2, 0.25) is 0 Å². The van der Waals surface area contributed by atoms with E-state index in [2.05, 4.69) is 15.5 Å². The molecule has 7 nitrogen and oxygen atoms in total. The monoisotopic (exact) mass is 334 g/mol. The zero-order valence-electron chi connectivity index (χ0n) is 13.0. The van der Waals surface area contributed by atoms with Crippen LogP contribution < -0.4 is 10.9 Å². The molecular formula is C18H14N4O3. The van der Waals surface area contributed by atoms with Crippen LogP contribution in [0, 0.1) is 0 Å². The van der Waals surface area contributed by atoms with E-state index in [9.17, 15) is 9.59 Å². The number of carbonyl (C=O) groups excluding carboxylic acids is 2. The second-order valence-electron chi connectivity index (χ2n) is 5.15. The number of rotatable bonds is 4. The normalized spacial score (nSPS) is 10.8. The summed E-state index contributed by atoms with van der Waals surface area (Å²) < 4.78 is 0. The minimum Gasteiger partial charge on any atom is -0.288 e. The second-order valence-corrected chi connectivity index (χ2v) is 5.15. The van der Waals surface area contributed by atoms with Gasteiger partial charge in [0.15, 0.2) is 0 Å². The lowest BCUT2D eigenvalue weighted by Gasteiger charge is -2.03. The average Bonchev–Trinajstić information content (AvgIpc) is 2.67. The van der Waals surface area contributed by atoms with Crippen molar-refractivity contribution in [2.45, 2.75) is 0 Å². The van der Waals surface area contributed by atoms with Crippen molar-refractivity contribution in [1.82, 2.24) is 15.9 Å². The number of aromatic nitrogens is 1. The number of hydroxylamine groups is 1. The van der Waals surface area contributed by atoms with Crippen LogP contribution >= 0.6 is 0 Å². The summed E-state index contributed by atoms with van der Waals surface area (Å²) in [5.41, 5.74) is 5.73. The SMILES string of the molecule is O=C(NO)c1cccc(C(=O)N/N=C/c2ccc3ccccc3n2)c1. The highest BCUT2D eigenvalue weighted by molar-refractivity contribution is 5.99. The van der Waals surface area contributed by atoms with E-state index in [1.54, 1.807) is 6.07 Å². The molecule has 3 aromatic rings. The first-order chi connectivity index (χ1) is 12.2. The quantitative estimate of drug-likeness (QED) is 0.386. The Labute approximate surface area is 143 Å². The van der Waals surface area contributed by atoms with E-state index in [4.69, 9.17) is 5.21 Å². The molecule has 124 valence electrons. The Hall–Kier alpha value is -3.58. The number of nitrogens with zero attached hydrogens (tertiary/aromatic N) is 2. The summed E-state index contributed by atoms with van der Waals surface area (Å²) in [6.07, 6.45) is 1.44. The molecule has 3 N–H and O–H groups in total. The third-order valence-electron chi connectivity index (χ3n) is 3.47. The van der Waals surface area contributed by atoms with Crippen LogP contribution in [0.25, 0.3) is 10.9 Å². The van der Waals surface area contributed by atoms with Crippen LogP contribution in [0.15, 0.2) is 65.8 Å². The number of nitrogens with one attached hydrogen (secondary N) is 2. The molecule has 1 aromatic heterocycles. The standard InChI is InChI=1S/C18H14N4O3/c23-17(13-5-3-6-14(10-13)18(24)22-25)21-19-11-15-9-8-12-4-1-2-7-16(12)20-15/h1-11,25H,(H,21,23)(H,22,24)/b19-11+. The van der Waals surface area contributed by atoms with Crippen molar-refractivity contribution in [2.24, 2.45) is 5.10 Å². The van der Waals surface area contributed by atoms with Crippen molar-refractivity contribution in [3.63, 3.8) is 0 Å². The van der Waals surface area contributed by atoms with Crippen LogP contribution in [0.4, 0.5) is 0 Å². The lowest BCUT2D eigenvalue weighted by molar-refractivity contribution is 0.0706. The van der Waals surface area contributed by atoms with E-state index in [0.29, 0.717) is 5.69 Å². The van der Waals surface area contributed by atoms with Crippen molar-refractivity contribution < 1.29 is 14.8 Å². The number of hydrogen-bond acceptors (Lipinski definition) is 5. The van der Waals surface area contributed by atoms with Gasteiger partial charge in [-0.3, -0.25) is 14.8 Å². The molecule has 0 aliphatic carbocycles. The number of hydrogen-bond donors (Lipinski definition) is 3. The van der Waals surface area contributed by atoms with E-state index in [1.165, 1.54) is 36.0 Å². The zero-order chi connectivity index (χ0) is 17.6. The fraction of sp³-hybridized carbons (Fsp3) is 0. The number of carbonyl (C=O) groups is 2. The molecule has 0 bridgehead atoms. The first-order valence-corrected chi connectivity index (χ1v) is 7.41. The third kappa shape index (κ3) is 3.85. The first kappa shape index (κ1) is 16.3. The predicted octanol–water partition coefficient (Wildman–Crippen LogP) is 2.12. The van der Waals surface area contributed by atoms with Gasteiger partial charge >= 0.3 is 0 Å². The molecule has 0 spiro atoms. The number of hydrazone groups is 1. The first-order valence-electron chi connectivity index (χ1n) is 7.41. The fourth-order valence-electron chi connectivity index (χ4n) is 2.24. The maximum absolute atomic E-state index is 12.1. The number of para-hydroxylation sites is 1. The van der Waals surface area contributed by atoms with Crippen LogP contribution in [0.2, 0.25) is 0 Å². The van der Waals surface area contributed by atoms with E-state index in [0.717, 1.165) is 10.9 Å². The van der Waals surface area contributed by atoms with Gasteiger partial charge in [0.05, 0.1) is 17.4 Å². The van der Waals surface area contributed by atoms with E-state index in [1.807, 2.05) is 30.3 Å². The van der Waals surface area contributed by atoms with Gasteiger partial charge in [0, 0.05) is 16.5 Å². The summed E-state index contributed by atoms with van der Waals surface area (Å²) in [6, 6.07) is 17.3. The fourth-order valence-corrected chi connectivity index (χ4v) is 2.24. The Balaban J connectivity index is 1.70. The van der Waals surface area contributed by atoms with Crippen LogP contribution in [-0.4, -0.2) is 28.2 Å². The maximum Gasteiger partial charge on any atom is 0.274 e. The van der Waals surface area contributed by atoms with Crippen molar-refractivity contribution in [3.05, 3.63) is 77.5 Å². The zero-order valence-corrected chi connectivity index (χ0v) is 13.0. The summed E-state index contributed by atoms with van der Waals surface area (Å²) in [7, 11) is 0. The van der Waals surface area contributed by atoms with E-state index < -0.39 is 11.8 Å². The van der Waals surface area contributed by atoms with Crippen LogP contribution in [-0.2, 0) is 0 Å². The molecule has 0 atom stereocenters. The van der Waals surface area contributed by atoms with Crippen molar-refractivity contribution in [2.75, 3.05) is 0 Å². The van der Waals surface area contributed by atoms with Gasteiger partial charge in [-0.05, 0) is 30.3 Å². The molecule has 2 aromatic carbocycles.